The number of ether oxygens (including phenoxy) is 1. The average Bonchev–Trinajstić information content (AvgIpc) is 2.34. The van der Waals surface area contributed by atoms with Crippen LogP contribution in [0.25, 0.3) is 0 Å². The zero-order chi connectivity index (χ0) is 17.4. The normalized spacial score (nSPS) is 35.0. The summed E-state index contributed by atoms with van der Waals surface area (Å²) in [5.74, 6) is -1.36. The minimum Gasteiger partial charge on any atom is -0.375 e. The highest BCUT2D eigenvalue weighted by Gasteiger charge is 2.51. The standard InChI is InChI=1S/C16H27F3N2O2/c1-10-7-12(8-11(2)23-10)20-14(22)21-6-5-13(16(17,18)19)15(3,4)9-21/h10-13H,5-9H2,1-4H3,(H,20,22)/t10-,11+,12?,13-/m1/s1. The Hall–Kier alpha value is -0.980. The van der Waals surface area contributed by atoms with Crippen LogP contribution in [0.3, 0.4) is 0 Å². The van der Waals surface area contributed by atoms with Crippen molar-refractivity contribution >= 4 is 6.03 Å². The van der Waals surface area contributed by atoms with Crippen LogP contribution in [0, 0.1) is 11.3 Å². The van der Waals surface area contributed by atoms with Crippen molar-refractivity contribution in [3.63, 3.8) is 0 Å². The molecule has 0 aromatic rings. The molecule has 0 aliphatic carbocycles. The second-order valence-corrected chi connectivity index (χ2v) is 7.67. The molecule has 134 valence electrons. The summed E-state index contributed by atoms with van der Waals surface area (Å²) in [4.78, 5) is 13.9. The highest BCUT2D eigenvalue weighted by Crippen LogP contribution is 2.45. The first kappa shape index (κ1) is 18.4. The Bertz CT molecular complexity index is 430. The number of urea groups is 1. The molecule has 2 aliphatic rings. The van der Waals surface area contributed by atoms with E-state index >= 15 is 0 Å². The third kappa shape index (κ3) is 4.52. The lowest BCUT2D eigenvalue weighted by atomic mass is 9.73. The topological polar surface area (TPSA) is 41.6 Å². The van der Waals surface area contributed by atoms with E-state index in [1.165, 1.54) is 4.90 Å². The van der Waals surface area contributed by atoms with Crippen LogP contribution in [-0.4, -0.2) is 48.4 Å². The fraction of sp³-hybridized carbons (Fsp3) is 0.938. The van der Waals surface area contributed by atoms with E-state index in [9.17, 15) is 18.0 Å². The number of carbonyl (C=O) groups is 1. The molecule has 2 fully saturated rings. The Labute approximate surface area is 135 Å². The van der Waals surface area contributed by atoms with Gasteiger partial charge in [0.15, 0.2) is 0 Å². The van der Waals surface area contributed by atoms with Crippen LogP contribution in [0.2, 0.25) is 0 Å². The van der Waals surface area contributed by atoms with Gasteiger partial charge in [0.05, 0.1) is 18.1 Å². The molecule has 4 nitrogen and oxygen atoms in total. The lowest BCUT2D eigenvalue weighted by molar-refractivity contribution is -0.214. The summed E-state index contributed by atoms with van der Waals surface area (Å²) in [5.41, 5.74) is -0.968. The van der Waals surface area contributed by atoms with Gasteiger partial charge in [-0.15, -0.1) is 0 Å². The maximum Gasteiger partial charge on any atom is 0.392 e. The number of rotatable bonds is 1. The maximum absolute atomic E-state index is 13.1. The molecular formula is C16H27F3N2O2. The summed E-state index contributed by atoms with van der Waals surface area (Å²) < 4.78 is 44.9. The lowest BCUT2D eigenvalue weighted by Gasteiger charge is -2.45. The molecule has 2 aliphatic heterocycles. The Balaban J connectivity index is 1.94. The molecular weight excluding hydrogens is 309 g/mol. The number of hydrogen-bond donors (Lipinski definition) is 1. The largest absolute Gasteiger partial charge is 0.392 e. The highest BCUT2D eigenvalue weighted by atomic mass is 19.4. The molecule has 0 bridgehead atoms. The second-order valence-electron chi connectivity index (χ2n) is 7.67. The zero-order valence-electron chi connectivity index (χ0n) is 14.2. The van der Waals surface area contributed by atoms with Crippen molar-refractivity contribution in [1.29, 1.82) is 0 Å². The number of amides is 2. The Morgan fingerprint density at radius 3 is 2.26 bits per heavy atom. The van der Waals surface area contributed by atoms with Gasteiger partial charge in [-0.1, -0.05) is 13.8 Å². The number of carbonyl (C=O) groups excluding carboxylic acids is 1. The SMILES string of the molecule is C[C@@H]1CC(NC(=O)N2CC[C@@H](C(F)(F)F)C(C)(C)C2)C[C@H](C)O1. The van der Waals surface area contributed by atoms with Gasteiger partial charge < -0.3 is 15.0 Å². The summed E-state index contributed by atoms with van der Waals surface area (Å²) in [5, 5.41) is 2.97. The fourth-order valence-electron chi connectivity index (χ4n) is 3.93. The van der Waals surface area contributed by atoms with Crippen LogP contribution < -0.4 is 5.32 Å². The molecule has 0 radical (unpaired) electrons. The van der Waals surface area contributed by atoms with Crippen LogP contribution in [0.5, 0.6) is 0 Å². The smallest absolute Gasteiger partial charge is 0.375 e. The number of piperidine rings is 1. The van der Waals surface area contributed by atoms with E-state index in [0.29, 0.717) is 0 Å². The summed E-state index contributed by atoms with van der Waals surface area (Å²) in [6, 6.07) is -0.241. The van der Waals surface area contributed by atoms with Gasteiger partial charge in [0.1, 0.15) is 0 Å². The van der Waals surface area contributed by atoms with Crippen LogP contribution in [-0.2, 0) is 4.74 Å². The third-order valence-corrected chi connectivity index (χ3v) is 4.94. The van der Waals surface area contributed by atoms with Crippen molar-refractivity contribution in [2.24, 2.45) is 11.3 Å². The Morgan fingerprint density at radius 1 is 1.22 bits per heavy atom. The molecule has 0 saturated carbocycles. The number of nitrogens with zero attached hydrogens (tertiary/aromatic N) is 1. The Morgan fingerprint density at radius 2 is 1.78 bits per heavy atom. The maximum atomic E-state index is 13.1. The zero-order valence-corrected chi connectivity index (χ0v) is 14.2. The molecule has 2 saturated heterocycles. The number of halogens is 3. The summed E-state index contributed by atoms with van der Waals surface area (Å²) in [6.45, 7) is 7.37. The fourth-order valence-corrected chi connectivity index (χ4v) is 3.93. The van der Waals surface area contributed by atoms with E-state index in [0.717, 1.165) is 12.8 Å². The molecule has 2 heterocycles. The van der Waals surface area contributed by atoms with Gasteiger partial charge >= 0.3 is 12.2 Å². The molecule has 2 amide bonds. The predicted octanol–water partition coefficient (Wildman–Crippen LogP) is 3.56. The van der Waals surface area contributed by atoms with Crippen LogP contribution in [0.4, 0.5) is 18.0 Å². The van der Waals surface area contributed by atoms with Gasteiger partial charge in [0, 0.05) is 19.1 Å². The monoisotopic (exact) mass is 336 g/mol. The molecule has 1 N–H and O–H groups in total. The van der Waals surface area contributed by atoms with Crippen molar-refractivity contribution in [3.05, 3.63) is 0 Å². The minimum atomic E-state index is -4.21. The third-order valence-electron chi connectivity index (χ3n) is 4.94. The van der Waals surface area contributed by atoms with E-state index < -0.39 is 17.5 Å². The van der Waals surface area contributed by atoms with Gasteiger partial charge in [-0.2, -0.15) is 13.2 Å². The highest BCUT2D eigenvalue weighted by molar-refractivity contribution is 5.74. The van der Waals surface area contributed by atoms with Crippen molar-refractivity contribution in [2.75, 3.05) is 13.1 Å². The van der Waals surface area contributed by atoms with E-state index in [1.54, 1.807) is 13.8 Å². The van der Waals surface area contributed by atoms with Crippen molar-refractivity contribution < 1.29 is 22.7 Å². The molecule has 0 aromatic carbocycles. The van der Waals surface area contributed by atoms with Gasteiger partial charge in [0.25, 0.3) is 0 Å². The van der Waals surface area contributed by atoms with Crippen LogP contribution in [0.15, 0.2) is 0 Å². The van der Waals surface area contributed by atoms with Crippen molar-refractivity contribution in [3.8, 4) is 0 Å². The number of likely N-dealkylation sites (tertiary alicyclic amines) is 1. The first-order valence-electron chi connectivity index (χ1n) is 8.26. The molecule has 7 heteroatoms. The van der Waals surface area contributed by atoms with Crippen molar-refractivity contribution in [2.45, 2.75) is 71.4 Å². The van der Waals surface area contributed by atoms with Gasteiger partial charge in [-0.3, -0.25) is 0 Å². The van der Waals surface area contributed by atoms with Crippen molar-refractivity contribution in [1.82, 2.24) is 10.2 Å². The number of nitrogens with one attached hydrogen (secondary N) is 1. The summed E-state index contributed by atoms with van der Waals surface area (Å²) in [6.07, 6.45) is -2.62. The van der Waals surface area contributed by atoms with Crippen LogP contribution in [0.1, 0.15) is 47.0 Å². The Kier molecular flexibility index (Phi) is 5.18. The van der Waals surface area contributed by atoms with E-state index in [-0.39, 0.29) is 43.8 Å². The first-order chi connectivity index (χ1) is 10.5. The van der Waals surface area contributed by atoms with Gasteiger partial charge in [-0.25, -0.2) is 4.79 Å². The van der Waals surface area contributed by atoms with Gasteiger partial charge in [-0.05, 0) is 38.5 Å². The molecule has 23 heavy (non-hydrogen) atoms. The average molecular weight is 336 g/mol. The number of alkyl halides is 3. The summed E-state index contributed by atoms with van der Waals surface area (Å²) in [7, 11) is 0. The first-order valence-corrected chi connectivity index (χ1v) is 8.26. The molecule has 4 atom stereocenters. The van der Waals surface area contributed by atoms with E-state index in [1.807, 2.05) is 13.8 Å². The molecule has 1 unspecified atom stereocenters. The molecule has 0 aromatic heterocycles. The van der Waals surface area contributed by atoms with E-state index in [4.69, 9.17) is 4.74 Å². The van der Waals surface area contributed by atoms with Gasteiger partial charge in [0.2, 0.25) is 0 Å². The summed E-state index contributed by atoms with van der Waals surface area (Å²) >= 11 is 0. The minimum absolute atomic E-state index is 0.0182. The predicted molar refractivity (Wildman–Crippen MR) is 81.1 cm³/mol. The second kappa shape index (κ2) is 6.49. The van der Waals surface area contributed by atoms with E-state index in [2.05, 4.69) is 5.32 Å². The van der Waals surface area contributed by atoms with Crippen LogP contribution >= 0.6 is 0 Å². The lowest BCUT2D eigenvalue weighted by Crippen LogP contribution is -2.56. The molecule has 0 spiro atoms. The number of hydrogen-bond acceptors (Lipinski definition) is 2. The quantitative estimate of drug-likeness (QED) is 0.795. The molecule has 2 rings (SSSR count).